The van der Waals surface area contributed by atoms with Gasteiger partial charge in [-0.25, -0.2) is 9.97 Å². The molecule has 6 heteroatoms. The maximum Gasteiger partial charge on any atom is 0.226 e. The molecular weight excluding hydrogens is 282 g/mol. The Morgan fingerprint density at radius 2 is 2.05 bits per heavy atom. The third-order valence-electron chi connectivity index (χ3n) is 2.82. The van der Waals surface area contributed by atoms with Gasteiger partial charge in [-0.3, -0.25) is 4.79 Å². The third kappa shape index (κ3) is 4.82. The lowest BCUT2D eigenvalue weighted by Crippen LogP contribution is -2.16. The van der Waals surface area contributed by atoms with Crippen molar-refractivity contribution < 1.29 is 14.6 Å². The lowest BCUT2D eigenvalue weighted by molar-refractivity contribution is -0.117. The number of phenolic OH excluding ortho intramolecular Hbond substituents is 1. The molecule has 0 radical (unpaired) electrons. The predicted molar refractivity (Wildman–Crippen MR) is 83.5 cm³/mol. The first-order chi connectivity index (χ1) is 10.5. The molecule has 116 valence electrons. The summed E-state index contributed by atoms with van der Waals surface area (Å²) in [6.07, 6.45) is 3.46. The fraction of sp³-hybridized carbons (Fsp3) is 0.312. The summed E-state index contributed by atoms with van der Waals surface area (Å²) >= 11 is 0. The van der Waals surface area contributed by atoms with Crippen LogP contribution in [0.2, 0.25) is 0 Å². The Balaban J connectivity index is 1.93. The molecule has 0 aliphatic heterocycles. The van der Waals surface area contributed by atoms with Gasteiger partial charge in [0.05, 0.1) is 37.2 Å². The zero-order chi connectivity index (χ0) is 15.9. The third-order valence-corrected chi connectivity index (χ3v) is 2.82. The monoisotopic (exact) mass is 301 g/mol. The summed E-state index contributed by atoms with van der Waals surface area (Å²) in [5.41, 5.74) is 1.24. The van der Waals surface area contributed by atoms with E-state index in [1.807, 2.05) is 13.8 Å². The molecule has 0 aliphatic carbocycles. The highest BCUT2D eigenvalue weighted by Gasteiger charge is 2.06. The first-order valence-corrected chi connectivity index (χ1v) is 7.07. The van der Waals surface area contributed by atoms with Crippen LogP contribution in [0.3, 0.4) is 0 Å². The van der Waals surface area contributed by atoms with Crippen LogP contribution in [-0.4, -0.2) is 33.7 Å². The van der Waals surface area contributed by atoms with Crippen LogP contribution >= 0.6 is 0 Å². The molecule has 0 unspecified atom stereocenters. The van der Waals surface area contributed by atoms with Gasteiger partial charge in [0.2, 0.25) is 5.91 Å². The Labute approximate surface area is 129 Å². The standard InChI is InChI=1S/C16H19N3O3/c1-11(2)22-7-6-15(21)19-13-9-17-16(18-10-13)12-4-3-5-14(20)8-12/h3-5,8-11,20H,6-7H2,1-2H3,(H,19,21). The molecule has 0 bridgehead atoms. The van der Waals surface area contributed by atoms with Crippen LogP contribution in [0.15, 0.2) is 36.7 Å². The van der Waals surface area contributed by atoms with Crippen LogP contribution in [0.1, 0.15) is 20.3 Å². The second-order valence-corrected chi connectivity index (χ2v) is 5.06. The second kappa shape index (κ2) is 7.51. The van der Waals surface area contributed by atoms with Crippen molar-refractivity contribution >= 4 is 11.6 Å². The molecule has 0 aliphatic rings. The van der Waals surface area contributed by atoms with Crippen LogP contribution < -0.4 is 5.32 Å². The van der Waals surface area contributed by atoms with Crippen molar-refractivity contribution in [2.24, 2.45) is 0 Å². The number of benzene rings is 1. The summed E-state index contributed by atoms with van der Waals surface area (Å²) in [6.45, 7) is 4.23. The predicted octanol–water partition coefficient (Wildman–Crippen LogP) is 2.60. The molecule has 0 spiro atoms. The number of carbonyl (C=O) groups is 1. The van der Waals surface area contributed by atoms with Crippen molar-refractivity contribution in [1.29, 1.82) is 0 Å². The largest absolute Gasteiger partial charge is 0.508 e. The number of aromatic hydroxyl groups is 1. The van der Waals surface area contributed by atoms with E-state index in [9.17, 15) is 9.90 Å². The summed E-state index contributed by atoms with van der Waals surface area (Å²) in [4.78, 5) is 20.1. The van der Waals surface area contributed by atoms with Crippen molar-refractivity contribution in [3.05, 3.63) is 36.7 Å². The number of nitrogens with one attached hydrogen (secondary N) is 1. The average Bonchev–Trinajstić information content (AvgIpc) is 2.47. The molecule has 0 saturated carbocycles. The highest BCUT2D eigenvalue weighted by Crippen LogP contribution is 2.20. The van der Waals surface area contributed by atoms with Crippen molar-refractivity contribution in [2.45, 2.75) is 26.4 Å². The Morgan fingerprint density at radius 1 is 1.32 bits per heavy atom. The number of carbonyl (C=O) groups excluding carboxylic acids is 1. The molecule has 1 heterocycles. The van der Waals surface area contributed by atoms with Crippen LogP contribution in [0, 0.1) is 0 Å². The van der Waals surface area contributed by atoms with E-state index < -0.39 is 0 Å². The van der Waals surface area contributed by atoms with Gasteiger partial charge in [-0.1, -0.05) is 12.1 Å². The first-order valence-electron chi connectivity index (χ1n) is 7.07. The van der Waals surface area contributed by atoms with E-state index in [-0.39, 0.29) is 24.2 Å². The van der Waals surface area contributed by atoms with Crippen molar-refractivity contribution in [3.63, 3.8) is 0 Å². The highest BCUT2D eigenvalue weighted by molar-refractivity contribution is 5.90. The Kier molecular flexibility index (Phi) is 5.43. The molecule has 1 amide bonds. The Hall–Kier alpha value is -2.47. The fourth-order valence-corrected chi connectivity index (χ4v) is 1.80. The zero-order valence-corrected chi connectivity index (χ0v) is 12.6. The number of aromatic nitrogens is 2. The van der Waals surface area contributed by atoms with Crippen LogP contribution in [0.5, 0.6) is 5.75 Å². The molecule has 2 aromatic rings. The van der Waals surface area contributed by atoms with Gasteiger partial charge in [0, 0.05) is 5.56 Å². The number of hydrogen-bond donors (Lipinski definition) is 2. The van der Waals surface area contributed by atoms with E-state index in [1.165, 1.54) is 12.4 Å². The fourth-order valence-electron chi connectivity index (χ4n) is 1.80. The van der Waals surface area contributed by atoms with E-state index in [0.717, 1.165) is 0 Å². The number of hydrogen-bond acceptors (Lipinski definition) is 5. The molecule has 1 aromatic heterocycles. The van der Waals surface area contributed by atoms with E-state index in [1.54, 1.807) is 24.3 Å². The Morgan fingerprint density at radius 3 is 2.68 bits per heavy atom. The summed E-state index contributed by atoms with van der Waals surface area (Å²) in [5.74, 6) is 0.495. The van der Waals surface area contributed by atoms with Gasteiger partial charge in [0.15, 0.2) is 5.82 Å². The van der Waals surface area contributed by atoms with E-state index >= 15 is 0 Å². The molecule has 0 saturated heterocycles. The van der Waals surface area contributed by atoms with Gasteiger partial charge < -0.3 is 15.2 Å². The lowest BCUT2D eigenvalue weighted by atomic mass is 10.2. The van der Waals surface area contributed by atoms with Gasteiger partial charge >= 0.3 is 0 Å². The second-order valence-electron chi connectivity index (χ2n) is 5.06. The molecule has 22 heavy (non-hydrogen) atoms. The van der Waals surface area contributed by atoms with Gasteiger partial charge in [-0.2, -0.15) is 0 Å². The SMILES string of the molecule is CC(C)OCCC(=O)Nc1cnc(-c2cccc(O)c2)nc1. The quantitative estimate of drug-likeness (QED) is 0.856. The van der Waals surface area contributed by atoms with Crippen LogP contribution in [0.25, 0.3) is 11.4 Å². The highest BCUT2D eigenvalue weighted by atomic mass is 16.5. The van der Waals surface area contributed by atoms with Crippen molar-refractivity contribution in [3.8, 4) is 17.1 Å². The van der Waals surface area contributed by atoms with E-state index in [4.69, 9.17) is 4.74 Å². The number of anilines is 1. The molecule has 2 N–H and O–H groups in total. The van der Waals surface area contributed by atoms with Gasteiger partial charge in [0.1, 0.15) is 5.75 Å². The topological polar surface area (TPSA) is 84.3 Å². The van der Waals surface area contributed by atoms with Crippen molar-refractivity contribution in [1.82, 2.24) is 9.97 Å². The number of ether oxygens (including phenoxy) is 1. The maximum atomic E-state index is 11.7. The minimum Gasteiger partial charge on any atom is -0.508 e. The van der Waals surface area contributed by atoms with Gasteiger partial charge in [-0.05, 0) is 26.0 Å². The number of nitrogens with zero attached hydrogens (tertiary/aromatic N) is 2. The first kappa shape index (κ1) is 15.9. The summed E-state index contributed by atoms with van der Waals surface area (Å²) in [5, 5.41) is 12.2. The van der Waals surface area contributed by atoms with Gasteiger partial charge in [0.25, 0.3) is 0 Å². The van der Waals surface area contributed by atoms with E-state index in [2.05, 4.69) is 15.3 Å². The number of amides is 1. The normalized spacial score (nSPS) is 10.7. The summed E-state index contributed by atoms with van der Waals surface area (Å²) in [6, 6.07) is 6.68. The Bertz CT molecular complexity index is 627. The van der Waals surface area contributed by atoms with E-state index in [0.29, 0.717) is 23.7 Å². The molecule has 2 rings (SSSR count). The zero-order valence-electron chi connectivity index (χ0n) is 12.6. The smallest absolute Gasteiger partial charge is 0.226 e. The van der Waals surface area contributed by atoms with Crippen LogP contribution in [0.4, 0.5) is 5.69 Å². The molecule has 0 atom stereocenters. The van der Waals surface area contributed by atoms with Crippen LogP contribution in [-0.2, 0) is 9.53 Å². The maximum absolute atomic E-state index is 11.7. The minimum atomic E-state index is -0.144. The molecule has 0 fully saturated rings. The molecule has 6 nitrogen and oxygen atoms in total. The van der Waals surface area contributed by atoms with Crippen molar-refractivity contribution in [2.75, 3.05) is 11.9 Å². The summed E-state index contributed by atoms with van der Waals surface area (Å²) < 4.78 is 5.32. The number of phenols is 1. The average molecular weight is 301 g/mol. The number of rotatable bonds is 6. The minimum absolute atomic E-state index is 0.109. The molecule has 1 aromatic carbocycles. The summed E-state index contributed by atoms with van der Waals surface area (Å²) in [7, 11) is 0. The lowest BCUT2D eigenvalue weighted by Gasteiger charge is -2.08. The van der Waals surface area contributed by atoms with Gasteiger partial charge in [-0.15, -0.1) is 0 Å². The molecular formula is C16H19N3O3.